The minimum atomic E-state index is -0.915. The van der Waals surface area contributed by atoms with E-state index in [4.69, 9.17) is 4.42 Å². The van der Waals surface area contributed by atoms with Crippen molar-refractivity contribution in [1.82, 2.24) is 9.13 Å². The second-order valence-electron chi connectivity index (χ2n) is 3.47. The molecule has 0 bridgehead atoms. The van der Waals surface area contributed by atoms with Crippen molar-refractivity contribution in [2.24, 2.45) is 14.1 Å². The van der Waals surface area contributed by atoms with Gasteiger partial charge in [-0.15, -0.1) is 12.6 Å². The van der Waals surface area contributed by atoms with Crippen molar-refractivity contribution in [3.63, 3.8) is 0 Å². The van der Waals surface area contributed by atoms with E-state index in [1.165, 1.54) is 14.1 Å². The number of aromatic nitrogens is 2. The number of fused-ring (bicyclic) bond motifs is 1. The molecule has 0 fully saturated rings. The van der Waals surface area contributed by atoms with Crippen molar-refractivity contribution in [2.45, 2.75) is 4.90 Å². The fourth-order valence-corrected chi connectivity index (χ4v) is 1.66. The Kier molecular flexibility index (Phi) is 2.39. The molecule has 0 spiro atoms. The maximum atomic E-state index is 11.8. The molecule has 0 aliphatic heterocycles. The summed E-state index contributed by atoms with van der Waals surface area (Å²) in [5.41, 5.74) is -2.60. The highest BCUT2D eigenvalue weighted by atomic mass is 32.1. The van der Waals surface area contributed by atoms with Gasteiger partial charge in [-0.3, -0.25) is 13.9 Å². The van der Waals surface area contributed by atoms with E-state index >= 15 is 0 Å². The van der Waals surface area contributed by atoms with E-state index in [1.807, 2.05) is 0 Å². The van der Waals surface area contributed by atoms with Crippen molar-refractivity contribution in [3.05, 3.63) is 31.3 Å². The van der Waals surface area contributed by atoms with Crippen LogP contribution in [-0.4, -0.2) is 14.2 Å². The Morgan fingerprint density at radius 2 is 1.76 bits per heavy atom. The summed E-state index contributed by atoms with van der Waals surface area (Å²) in [5.74, 6) is -0.587. The highest BCUT2D eigenvalue weighted by Crippen LogP contribution is 2.24. The Labute approximate surface area is 98.9 Å². The first-order valence-electron chi connectivity index (χ1n) is 4.51. The van der Waals surface area contributed by atoms with Crippen molar-refractivity contribution >= 4 is 23.7 Å². The monoisotopic (exact) mass is 256 g/mol. The lowest BCUT2D eigenvalue weighted by Gasteiger charge is -2.07. The van der Waals surface area contributed by atoms with Crippen LogP contribution in [0.4, 0.5) is 0 Å². The van der Waals surface area contributed by atoms with Crippen LogP contribution in [0.15, 0.2) is 23.7 Å². The summed E-state index contributed by atoms with van der Waals surface area (Å²) in [4.78, 5) is 34.3. The average molecular weight is 256 g/mol. The third-order valence-corrected chi connectivity index (χ3v) is 2.85. The number of nitrogens with zero attached hydrogens (tertiary/aromatic N) is 2. The molecule has 0 radical (unpaired) electrons. The van der Waals surface area contributed by atoms with Crippen LogP contribution >= 0.6 is 12.6 Å². The molecule has 2 aromatic rings. The highest BCUT2D eigenvalue weighted by Gasteiger charge is 2.18. The van der Waals surface area contributed by atoms with Crippen molar-refractivity contribution in [1.29, 1.82) is 0 Å². The van der Waals surface area contributed by atoms with Crippen LogP contribution in [0, 0.1) is 0 Å². The Bertz CT molecular complexity index is 798. The molecule has 0 saturated heterocycles. The number of aromatic hydroxyl groups is 1. The minimum Gasteiger partial charge on any atom is -0.505 e. The standard InChI is InChI=1S/C9H8N2O5S/c1-10-6(13)3-4(12)5(17)8(14)16-7(3)11(2)9(10)15/h12,17H,1-2H3. The zero-order chi connectivity index (χ0) is 12.9. The van der Waals surface area contributed by atoms with Crippen LogP contribution in [0.2, 0.25) is 0 Å². The van der Waals surface area contributed by atoms with Gasteiger partial charge in [0.1, 0.15) is 10.3 Å². The van der Waals surface area contributed by atoms with Crippen LogP contribution in [-0.2, 0) is 14.1 Å². The molecule has 0 aliphatic rings. The van der Waals surface area contributed by atoms with Gasteiger partial charge in [-0.25, -0.2) is 9.59 Å². The lowest BCUT2D eigenvalue weighted by atomic mass is 10.3. The molecule has 0 saturated carbocycles. The number of rotatable bonds is 0. The van der Waals surface area contributed by atoms with E-state index in [0.717, 1.165) is 9.13 Å². The molecular formula is C9H8N2O5S. The van der Waals surface area contributed by atoms with Gasteiger partial charge in [0.05, 0.1) is 0 Å². The Morgan fingerprint density at radius 1 is 1.18 bits per heavy atom. The van der Waals surface area contributed by atoms with Gasteiger partial charge in [0.25, 0.3) is 5.56 Å². The van der Waals surface area contributed by atoms with E-state index in [2.05, 4.69) is 12.6 Å². The Balaban J connectivity index is 3.31. The number of thiol groups is 1. The molecule has 2 heterocycles. The maximum absolute atomic E-state index is 11.8. The second kappa shape index (κ2) is 3.52. The van der Waals surface area contributed by atoms with E-state index in [1.54, 1.807) is 0 Å². The SMILES string of the molecule is Cn1c(=O)c2c(O)c(S)c(=O)oc2n(C)c1=O. The molecule has 17 heavy (non-hydrogen) atoms. The highest BCUT2D eigenvalue weighted by molar-refractivity contribution is 7.80. The van der Waals surface area contributed by atoms with Crippen molar-refractivity contribution < 1.29 is 9.52 Å². The van der Waals surface area contributed by atoms with Gasteiger partial charge in [0.2, 0.25) is 5.71 Å². The van der Waals surface area contributed by atoms with Crippen molar-refractivity contribution in [2.75, 3.05) is 0 Å². The molecular weight excluding hydrogens is 248 g/mol. The summed E-state index contributed by atoms with van der Waals surface area (Å²) in [5, 5.41) is 9.44. The Morgan fingerprint density at radius 3 is 2.35 bits per heavy atom. The number of hydrogen-bond acceptors (Lipinski definition) is 6. The van der Waals surface area contributed by atoms with Gasteiger partial charge in [-0.1, -0.05) is 0 Å². The van der Waals surface area contributed by atoms with Crippen molar-refractivity contribution in [3.8, 4) is 5.75 Å². The zero-order valence-corrected chi connectivity index (χ0v) is 9.82. The Hall–Kier alpha value is -1.96. The largest absolute Gasteiger partial charge is 0.505 e. The van der Waals surface area contributed by atoms with Gasteiger partial charge in [0.15, 0.2) is 5.75 Å². The fraction of sp³-hybridized carbons (Fsp3) is 0.222. The first kappa shape index (κ1) is 11.5. The van der Waals surface area contributed by atoms with E-state index in [9.17, 15) is 19.5 Å². The smallest absolute Gasteiger partial charge is 0.354 e. The van der Waals surface area contributed by atoms with E-state index in [0.29, 0.717) is 0 Å². The summed E-state index contributed by atoms with van der Waals surface area (Å²) < 4.78 is 6.54. The molecule has 0 aliphatic carbocycles. The maximum Gasteiger partial charge on any atom is 0.354 e. The third kappa shape index (κ3) is 1.41. The predicted octanol–water partition coefficient (Wildman–Crippen LogP) is -0.815. The lowest BCUT2D eigenvalue weighted by Crippen LogP contribution is -2.37. The molecule has 8 heteroatoms. The first-order chi connectivity index (χ1) is 7.86. The second-order valence-corrected chi connectivity index (χ2v) is 3.92. The summed E-state index contributed by atoms with van der Waals surface area (Å²) in [6, 6.07) is 0. The third-order valence-electron chi connectivity index (χ3n) is 2.45. The van der Waals surface area contributed by atoms with E-state index in [-0.39, 0.29) is 16.0 Å². The quantitative estimate of drug-likeness (QED) is 0.601. The average Bonchev–Trinajstić information content (AvgIpc) is 2.30. The normalized spacial score (nSPS) is 11.0. The summed E-state index contributed by atoms with van der Waals surface area (Å²) in [6.45, 7) is 0. The summed E-state index contributed by atoms with van der Waals surface area (Å²) in [6.07, 6.45) is 0. The lowest BCUT2D eigenvalue weighted by molar-refractivity contribution is 0.437. The predicted molar refractivity (Wildman–Crippen MR) is 61.9 cm³/mol. The molecule has 7 nitrogen and oxygen atoms in total. The van der Waals surface area contributed by atoms with Gasteiger partial charge in [-0.2, -0.15) is 0 Å². The molecule has 2 rings (SSSR count). The van der Waals surface area contributed by atoms with Crippen LogP contribution in [0.25, 0.3) is 11.1 Å². The molecule has 90 valence electrons. The topological polar surface area (TPSA) is 94.4 Å². The summed E-state index contributed by atoms with van der Waals surface area (Å²) in [7, 11) is 2.58. The summed E-state index contributed by atoms with van der Waals surface area (Å²) >= 11 is 3.74. The van der Waals surface area contributed by atoms with Crippen LogP contribution in [0.3, 0.4) is 0 Å². The van der Waals surface area contributed by atoms with Crippen LogP contribution < -0.4 is 16.9 Å². The first-order valence-corrected chi connectivity index (χ1v) is 4.95. The fourth-order valence-electron chi connectivity index (χ4n) is 1.50. The number of hydrogen-bond donors (Lipinski definition) is 2. The molecule has 2 aromatic heterocycles. The minimum absolute atomic E-state index is 0.251. The van der Waals surface area contributed by atoms with Gasteiger partial charge < -0.3 is 9.52 Å². The molecule has 0 atom stereocenters. The van der Waals surface area contributed by atoms with Gasteiger partial charge >= 0.3 is 11.3 Å². The molecule has 0 unspecified atom stereocenters. The van der Waals surface area contributed by atoms with Crippen LogP contribution in [0.5, 0.6) is 5.75 Å². The van der Waals surface area contributed by atoms with Gasteiger partial charge in [-0.05, 0) is 0 Å². The molecule has 1 N–H and O–H groups in total. The molecule has 0 aromatic carbocycles. The zero-order valence-electron chi connectivity index (χ0n) is 8.92. The van der Waals surface area contributed by atoms with Crippen LogP contribution in [0.1, 0.15) is 0 Å². The van der Waals surface area contributed by atoms with E-state index < -0.39 is 22.6 Å². The number of aryl methyl sites for hydroxylation is 1. The molecule has 0 amide bonds. The van der Waals surface area contributed by atoms with Gasteiger partial charge in [0, 0.05) is 14.1 Å².